The molecule has 3 aromatic rings. The predicted molar refractivity (Wildman–Crippen MR) is 244 cm³/mol. The number of amides is 2. The highest BCUT2D eigenvalue weighted by molar-refractivity contribution is 6.07. The summed E-state index contributed by atoms with van der Waals surface area (Å²) < 4.78 is 22.8. The zero-order chi connectivity index (χ0) is 47.2. The van der Waals surface area contributed by atoms with Gasteiger partial charge >= 0.3 is 12.1 Å². The molecule has 5 atom stereocenters. The first-order valence-electron chi connectivity index (χ1n) is 22.7. The number of benzene rings is 4. The number of alkyl carbamates (subject to hydrolysis) is 1. The van der Waals surface area contributed by atoms with Gasteiger partial charge in [-0.25, -0.2) is 9.59 Å². The van der Waals surface area contributed by atoms with Crippen LogP contribution in [0.3, 0.4) is 0 Å². The minimum Gasteiger partial charge on any atom is -0.508 e. The molecule has 16 heteroatoms. The third-order valence-corrected chi connectivity index (χ3v) is 11.8. The Morgan fingerprint density at radius 1 is 0.712 bits per heavy atom. The van der Waals surface area contributed by atoms with Gasteiger partial charge < -0.3 is 59.9 Å². The number of unbranched alkanes of at least 4 members (excludes halogenated alkanes) is 11. The summed E-state index contributed by atoms with van der Waals surface area (Å²) in [4.78, 5) is 51.4. The zero-order valence-corrected chi connectivity index (χ0v) is 37.1. The maximum atomic E-state index is 13.6. The zero-order valence-electron chi connectivity index (χ0n) is 37.1. The van der Waals surface area contributed by atoms with Gasteiger partial charge in [0, 0.05) is 41.7 Å². The van der Waals surface area contributed by atoms with Crippen LogP contribution in [0.15, 0.2) is 82.0 Å². The summed E-state index contributed by atoms with van der Waals surface area (Å²) >= 11 is 0. The van der Waals surface area contributed by atoms with Crippen molar-refractivity contribution < 1.29 is 63.7 Å². The number of aliphatic hydroxyl groups is 4. The number of nitrogens with one attached hydrogen (secondary N) is 2. The van der Waals surface area contributed by atoms with Gasteiger partial charge in [0.25, 0.3) is 5.91 Å². The molecular formula is C50H60N2O14. The quantitative estimate of drug-likeness (QED) is 0.0243. The molecular weight excluding hydrogens is 853 g/mol. The van der Waals surface area contributed by atoms with E-state index < -0.39 is 55.3 Å². The van der Waals surface area contributed by atoms with E-state index in [-0.39, 0.29) is 52.5 Å². The van der Waals surface area contributed by atoms with Gasteiger partial charge in [0.2, 0.25) is 6.29 Å². The minimum absolute atomic E-state index is 0.0200. The van der Waals surface area contributed by atoms with Crippen molar-refractivity contribution in [1.29, 1.82) is 0 Å². The molecule has 1 saturated heterocycles. The van der Waals surface area contributed by atoms with E-state index in [0.29, 0.717) is 39.7 Å². The van der Waals surface area contributed by atoms with Gasteiger partial charge in [0.15, 0.2) is 5.43 Å². The van der Waals surface area contributed by atoms with Crippen molar-refractivity contribution >= 4 is 28.9 Å². The maximum absolute atomic E-state index is 13.6. The molecule has 16 nitrogen and oxygen atoms in total. The summed E-state index contributed by atoms with van der Waals surface area (Å²) in [6, 6.07) is 17.7. The van der Waals surface area contributed by atoms with Crippen LogP contribution >= 0.6 is 0 Å². The van der Waals surface area contributed by atoms with Crippen molar-refractivity contribution in [3.8, 4) is 33.9 Å². The number of carbonyl (C=O) groups is 3. The standard InChI is InChI=1S/C50H60N2O14/c1-2-3-4-5-6-7-8-9-10-11-12-13-22-51-47(59)38-24-31(15-21-39(38)65-49-46(58)45(57)44(56)42(28-53)66-49)29-63-50(62)52-27-30-14-18-34(37(23-30)48(60)61)43-35-19-16-32(54)25-40(35)64-41-26-33(55)17-20-36(41)43/h14-21,23-26,42,44-46,49,53-54,56-58H,2-13,22,27-29H2,1H3,(H,51,59)(H,52,62)(H,60,61)/t42?,44-,45-,46?,49+/m0/s1. The lowest BCUT2D eigenvalue weighted by atomic mass is 9.90. The lowest BCUT2D eigenvalue weighted by Crippen LogP contribution is -2.60. The number of hydrogen-bond acceptors (Lipinski definition) is 13. The molecule has 2 aliphatic heterocycles. The molecule has 0 saturated carbocycles. The van der Waals surface area contributed by atoms with E-state index in [1.165, 1.54) is 99.9 Å². The number of aromatic hydroxyl groups is 1. The van der Waals surface area contributed by atoms with Crippen molar-refractivity contribution in [1.82, 2.24) is 10.6 Å². The molecule has 0 aromatic heterocycles. The number of ether oxygens (including phenoxy) is 3. The number of aliphatic hydroxyl groups excluding tert-OH is 4. The molecule has 0 bridgehead atoms. The lowest BCUT2D eigenvalue weighted by Gasteiger charge is -2.39. The van der Waals surface area contributed by atoms with Crippen LogP contribution < -0.4 is 20.8 Å². The predicted octanol–water partition coefficient (Wildman–Crippen LogP) is 7.00. The minimum atomic E-state index is -1.72. The molecule has 66 heavy (non-hydrogen) atoms. The van der Waals surface area contributed by atoms with Crippen LogP contribution in [0.1, 0.15) is 116 Å². The Labute approximate surface area is 382 Å². The summed E-state index contributed by atoms with van der Waals surface area (Å²) in [6.45, 7) is 1.53. The number of rotatable bonds is 23. The van der Waals surface area contributed by atoms with Crippen molar-refractivity contribution in [3.05, 3.63) is 105 Å². The fourth-order valence-electron chi connectivity index (χ4n) is 8.12. The molecule has 1 fully saturated rings. The van der Waals surface area contributed by atoms with Gasteiger partial charge in [-0.3, -0.25) is 9.59 Å². The summed E-state index contributed by atoms with van der Waals surface area (Å²) in [7, 11) is 0. The van der Waals surface area contributed by atoms with E-state index in [1.54, 1.807) is 24.3 Å². The number of fused-ring (bicyclic) bond motifs is 2. The van der Waals surface area contributed by atoms with Crippen molar-refractivity contribution in [3.63, 3.8) is 0 Å². The summed E-state index contributed by atoms with van der Waals surface area (Å²) in [5.74, 6) is -1.66. The largest absolute Gasteiger partial charge is 0.508 e. The molecule has 2 unspecified atom stereocenters. The van der Waals surface area contributed by atoms with Gasteiger partial charge in [0.05, 0.1) is 17.7 Å². The number of carboxylic acids is 1. The van der Waals surface area contributed by atoms with Crippen LogP contribution in [0.25, 0.3) is 33.4 Å². The molecule has 3 aliphatic rings. The third kappa shape index (κ3) is 12.9. The molecule has 0 radical (unpaired) electrons. The Morgan fingerprint density at radius 2 is 1.38 bits per heavy atom. The van der Waals surface area contributed by atoms with E-state index in [9.17, 15) is 49.8 Å². The normalized spacial score (nSPS) is 18.3. The number of hydrogen-bond donors (Lipinski definition) is 8. The molecule has 2 heterocycles. The van der Waals surface area contributed by atoms with E-state index in [4.69, 9.17) is 18.6 Å². The molecule has 2 amide bonds. The van der Waals surface area contributed by atoms with E-state index in [1.807, 2.05) is 0 Å². The number of carboxylic acid groups (broad SMARTS) is 1. The van der Waals surface area contributed by atoms with E-state index in [0.717, 1.165) is 25.7 Å². The van der Waals surface area contributed by atoms with Crippen LogP contribution in [0, 0.1) is 0 Å². The van der Waals surface area contributed by atoms with Crippen LogP contribution in [0.5, 0.6) is 11.5 Å². The van der Waals surface area contributed by atoms with Gasteiger partial charge in [0.1, 0.15) is 53.9 Å². The highest BCUT2D eigenvalue weighted by Gasteiger charge is 2.45. The van der Waals surface area contributed by atoms with Crippen molar-refractivity contribution in [2.75, 3.05) is 13.2 Å². The lowest BCUT2D eigenvalue weighted by molar-refractivity contribution is -0.277. The monoisotopic (exact) mass is 912 g/mol. The number of phenols is 1. The van der Waals surface area contributed by atoms with Crippen molar-refractivity contribution in [2.24, 2.45) is 0 Å². The average molecular weight is 913 g/mol. The van der Waals surface area contributed by atoms with Gasteiger partial charge in [-0.1, -0.05) is 95.8 Å². The number of carbonyl (C=O) groups excluding carboxylic acids is 2. The first kappa shape index (κ1) is 49.4. The van der Waals surface area contributed by atoms with Crippen molar-refractivity contribution in [2.45, 2.75) is 128 Å². The molecule has 354 valence electrons. The summed E-state index contributed by atoms with van der Waals surface area (Å²) in [6.07, 6.45) is 5.34. The molecule has 6 rings (SSSR count). The Kier molecular flexibility index (Phi) is 17.9. The fourth-order valence-corrected chi connectivity index (χ4v) is 8.12. The van der Waals surface area contributed by atoms with Gasteiger partial charge in [-0.2, -0.15) is 0 Å². The molecule has 0 spiro atoms. The Bertz CT molecular complexity index is 2450. The molecule has 8 N–H and O–H groups in total. The number of phenolic OH excluding ortho intramolecular Hbond substituents is 1. The average Bonchev–Trinajstić information content (AvgIpc) is 3.31. The van der Waals surface area contributed by atoms with Crippen LogP contribution in [-0.2, 0) is 22.6 Å². The van der Waals surface area contributed by atoms with Gasteiger partial charge in [-0.15, -0.1) is 0 Å². The molecule has 3 aromatic carbocycles. The highest BCUT2D eigenvalue weighted by atomic mass is 16.7. The number of aromatic carboxylic acids is 1. The second-order valence-corrected chi connectivity index (χ2v) is 16.7. The summed E-state index contributed by atoms with van der Waals surface area (Å²) in [5, 5.41) is 67.3. The Balaban J connectivity index is 1.09. The fraction of sp³-hybridized carbons (Fsp3) is 0.440. The second-order valence-electron chi connectivity index (χ2n) is 16.7. The van der Waals surface area contributed by atoms with Gasteiger partial charge in [-0.05, 0) is 65.6 Å². The second kappa shape index (κ2) is 23.9. The maximum Gasteiger partial charge on any atom is 0.407 e. The highest BCUT2D eigenvalue weighted by Crippen LogP contribution is 2.42. The third-order valence-electron chi connectivity index (χ3n) is 11.8. The Morgan fingerprint density at radius 3 is 2.08 bits per heavy atom. The van der Waals surface area contributed by atoms with Crippen LogP contribution in [0.4, 0.5) is 4.79 Å². The van der Waals surface area contributed by atoms with Crippen LogP contribution in [0.2, 0.25) is 0 Å². The van der Waals surface area contributed by atoms with Crippen LogP contribution in [-0.4, -0.2) is 92.5 Å². The van der Waals surface area contributed by atoms with E-state index in [2.05, 4.69) is 17.6 Å². The van der Waals surface area contributed by atoms with E-state index >= 15 is 0 Å². The molecule has 1 aliphatic carbocycles. The smallest absolute Gasteiger partial charge is 0.407 e. The topological polar surface area (TPSA) is 255 Å². The first-order chi connectivity index (χ1) is 31.9. The first-order valence-corrected chi connectivity index (χ1v) is 22.7. The Hall–Kier alpha value is -6.04. The summed E-state index contributed by atoms with van der Waals surface area (Å²) in [5.41, 5.74) is 1.96. The SMILES string of the molecule is CCCCCCCCCCCCCCNC(=O)c1cc(COC(=O)NCc2ccc(-c3c4ccc(=O)cc-4oc4cc(O)ccc34)c(C(=O)O)c2)ccc1O[C@@H]1OC(CO)[C@H](O)[C@H](O)C1O.